The number of rotatable bonds is 1. The lowest BCUT2D eigenvalue weighted by Gasteiger charge is -2.32. The Balaban J connectivity index is 0.00000180. The van der Waals surface area contributed by atoms with Crippen LogP contribution in [0.25, 0.3) is 0 Å². The van der Waals surface area contributed by atoms with Gasteiger partial charge in [-0.25, -0.2) is 0 Å². The van der Waals surface area contributed by atoms with E-state index in [0.717, 1.165) is 19.8 Å². The Morgan fingerprint density at radius 2 is 1.47 bits per heavy atom. The molecule has 108 valence electrons. The van der Waals surface area contributed by atoms with E-state index in [1.807, 2.05) is 0 Å². The van der Waals surface area contributed by atoms with Gasteiger partial charge in [-0.3, -0.25) is 4.90 Å². The van der Waals surface area contributed by atoms with Crippen molar-refractivity contribution in [2.75, 3.05) is 24.7 Å². The van der Waals surface area contributed by atoms with Gasteiger partial charge in [0.2, 0.25) is 0 Å². The van der Waals surface area contributed by atoms with E-state index in [1.165, 1.54) is 22.4 Å². The van der Waals surface area contributed by atoms with Crippen molar-refractivity contribution in [3.63, 3.8) is 0 Å². The molecule has 0 bridgehead atoms. The van der Waals surface area contributed by atoms with Gasteiger partial charge in [-0.1, -0.05) is 17.7 Å². The zero-order valence-corrected chi connectivity index (χ0v) is 13.9. The van der Waals surface area contributed by atoms with Crippen molar-refractivity contribution in [2.24, 2.45) is 0 Å². The zero-order chi connectivity index (χ0) is 13.5. The van der Waals surface area contributed by atoms with Crippen molar-refractivity contribution >= 4 is 18.1 Å². The van der Waals surface area contributed by atoms with E-state index in [4.69, 9.17) is 0 Å². The summed E-state index contributed by atoms with van der Waals surface area (Å²) in [5.41, 5.74) is 5.88. The van der Waals surface area contributed by atoms with Crippen LogP contribution in [0.3, 0.4) is 0 Å². The highest BCUT2D eigenvalue weighted by molar-refractivity contribution is 5.85. The first-order valence-electron chi connectivity index (χ1n) is 6.87. The van der Waals surface area contributed by atoms with E-state index in [1.54, 1.807) is 0 Å². The lowest BCUT2D eigenvalue weighted by atomic mass is 10.0. The molecule has 0 N–H and O–H groups in total. The summed E-state index contributed by atoms with van der Waals surface area (Å²) in [6.45, 7) is 16.9. The van der Waals surface area contributed by atoms with Crippen LogP contribution < -0.4 is 4.90 Å². The smallest absolute Gasteiger partial charge is 0.0712 e. The van der Waals surface area contributed by atoms with E-state index in [2.05, 4.69) is 63.5 Å². The summed E-state index contributed by atoms with van der Waals surface area (Å²) in [5.74, 6) is 0. The molecule has 1 heterocycles. The summed E-state index contributed by atoms with van der Waals surface area (Å²) in [6.07, 6.45) is 0. The third-order valence-corrected chi connectivity index (χ3v) is 3.88. The van der Waals surface area contributed by atoms with Crippen molar-refractivity contribution in [3.05, 3.63) is 28.8 Å². The molecule has 0 unspecified atom stereocenters. The first-order chi connectivity index (χ1) is 8.29. The van der Waals surface area contributed by atoms with Crippen LogP contribution in [0, 0.1) is 20.8 Å². The Kier molecular flexibility index (Phi) is 4.91. The molecule has 0 radical (unpaired) electrons. The molecule has 0 aliphatic carbocycles. The van der Waals surface area contributed by atoms with Crippen LogP contribution in [0.15, 0.2) is 12.1 Å². The molecule has 0 aromatic heterocycles. The molecule has 0 atom stereocenters. The molecule has 0 amide bonds. The van der Waals surface area contributed by atoms with Crippen molar-refractivity contribution in [1.29, 1.82) is 0 Å². The fourth-order valence-corrected chi connectivity index (χ4v) is 2.99. The van der Waals surface area contributed by atoms with Gasteiger partial charge in [-0.2, -0.15) is 0 Å². The topological polar surface area (TPSA) is 6.48 Å². The summed E-state index contributed by atoms with van der Waals surface area (Å²) in [6, 6.07) is 4.59. The van der Waals surface area contributed by atoms with Gasteiger partial charge in [0.25, 0.3) is 0 Å². The predicted octanol–water partition coefficient (Wildman–Crippen LogP) is 3.91. The molecule has 1 fully saturated rings. The molecule has 0 saturated carbocycles. The number of hydrogen-bond donors (Lipinski definition) is 0. The Bertz CT molecular complexity index is 426. The first-order valence-corrected chi connectivity index (χ1v) is 6.87. The second-order valence-corrected chi connectivity index (χ2v) is 6.59. The molecular weight excluding hydrogens is 256 g/mol. The number of nitrogens with zero attached hydrogens (tertiary/aromatic N) is 2. The van der Waals surface area contributed by atoms with Crippen LogP contribution in [0.4, 0.5) is 5.69 Å². The maximum absolute atomic E-state index is 2.55. The first kappa shape index (κ1) is 16.3. The molecule has 0 spiro atoms. The third kappa shape index (κ3) is 3.43. The number of halogens is 1. The SMILES string of the molecule is Cc1cc(C)c(N2CCN(C(C)(C)C)C2)c(C)c1.Cl. The van der Waals surface area contributed by atoms with Crippen molar-refractivity contribution in [1.82, 2.24) is 4.90 Å². The molecule has 2 rings (SSSR count). The summed E-state index contributed by atoms with van der Waals surface area (Å²) >= 11 is 0. The van der Waals surface area contributed by atoms with Gasteiger partial charge < -0.3 is 4.90 Å². The Morgan fingerprint density at radius 1 is 0.947 bits per heavy atom. The fourth-order valence-electron chi connectivity index (χ4n) is 2.99. The summed E-state index contributed by atoms with van der Waals surface area (Å²) in [5, 5.41) is 0. The number of hydrogen-bond acceptors (Lipinski definition) is 2. The molecule has 3 heteroatoms. The van der Waals surface area contributed by atoms with Gasteiger partial charge in [0.1, 0.15) is 0 Å². The van der Waals surface area contributed by atoms with E-state index in [0.29, 0.717) is 0 Å². The maximum atomic E-state index is 2.55. The molecule has 2 nitrogen and oxygen atoms in total. The molecule has 19 heavy (non-hydrogen) atoms. The second kappa shape index (κ2) is 5.72. The number of aryl methyl sites for hydroxylation is 3. The van der Waals surface area contributed by atoms with Gasteiger partial charge >= 0.3 is 0 Å². The minimum atomic E-state index is 0. The molecule has 1 aliphatic heterocycles. The van der Waals surface area contributed by atoms with Gasteiger partial charge in [-0.15, -0.1) is 12.4 Å². The van der Waals surface area contributed by atoms with Crippen LogP contribution in [-0.2, 0) is 0 Å². The normalized spacial score (nSPS) is 16.6. The Morgan fingerprint density at radius 3 is 1.89 bits per heavy atom. The summed E-state index contributed by atoms with van der Waals surface area (Å²) < 4.78 is 0. The third-order valence-electron chi connectivity index (χ3n) is 3.88. The summed E-state index contributed by atoms with van der Waals surface area (Å²) in [4.78, 5) is 5.07. The second-order valence-electron chi connectivity index (χ2n) is 6.59. The maximum Gasteiger partial charge on any atom is 0.0712 e. The lowest BCUT2D eigenvalue weighted by molar-refractivity contribution is 0.177. The van der Waals surface area contributed by atoms with E-state index < -0.39 is 0 Å². The van der Waals surface area contributed by atoms with Gasteiger partial charge in [0.15, 0.2) is 0 Å². The standard InChI is InChI=1S/C16H26N2.ClH/c1-12-9-13(2)15(14(3)10-12)17-7-8-18(11-17)16(4,5)6;/h9-10H,7-8,11H2,1-6H3;1H. The van der Waals surface area contributed by atoms with Gasteiger partial charge in [-0.05, 0) is 52.7 Å². The van der Waals surface area contributed by atoms with Crippen LogP contribution in [-0.4, -0.2) is 30.2 Å². The number of benzene rings is 1. The predicted molar refractivity (Wildman–Crippen MR) is 86.6 cm³/mol. The lowest BCUT2D eigenvalue weighted by Crippen LogP contribution is -2.40. The highest BCUT2D eigenvalue weighted by atomic mass is 35.5. The highest BCUT2D eigenvalue weighted by Gasteiger charge is 2.29. The average Bonchev–Trinajstić information content (AvgIpc) is 2.64. The number of anilines is 1. The largest absolute Gasteiger partial charge is 0.357 e. The minimum absolute atomic E-state index is 0. The van der Waals surface area contributed by atoms with Crippen molar-refractivity contribution in [2.45, 2.75) is 47.1 Å². The molecule has 1 saturated heterocycles. The minimum Gasteiger partial charge on any atom is -0.357 e. The van der Waals surface area contributed by atoms with E-state index in [9.17, 15) is 0 Å². The zero-order valence-electron chi connectivity index (χ0n) is 13.1. The molecular formula is C16H27ClN2. The van der Waals surface area contributed by atoms with Crippen LogP contribution in [0.5, 0.6) is 0 Å². The van der Waals surface area contributed by atoms with Crippen LogP contribution in [0.1, 0.15) is 37.5 Å². The van der Waals surface area contributed by atoms with Crippen molar-refractivity contribution < 1.29 is 0 Å². The van der Waals surface area contributed by atoms with Crippen molar-refractivity contribution in [3.8, 4) is 0 Å². The van der Waals surface area contributed by atoms with Crippen LogP contribution in [0.2, 0.25) is 0 Å². The van der Waals surface area contributed by atoms with Crippen LogP contribution >= 0.6 is 12.4 Å². The van der Waals surface area contributed by atoms with Gasteiger partial charge in [0.05, 0.1) is 6.67 Å². The molecule has 1 aliphatic rings. The summed E-state index contributed by atoms with van der Waals surface area (Å²) in [7, 11) is 0. The molecule has 1 aromatic carbocycles. The Hall–Kier alpha value is -0.730. The van der Waals surface area contributed by atoms with E-state index >= 15 is 0 Å². The highest BCUT2D eigenvalue weighted by Crippen LogP contribution is 2.30. The van der Waals surface area contributed by atoms with E-state index in [-0.39, 0.29) is 17.9 Å². The average molecular weight is 283 g/mol. The Labute approximate surface area is 124 Å². The quantitative estimate of drug-likeness (QED) is 0.770. The molecule has 1 aromatic rings. The fraction of sp³-hybridized carbons (Fsp3) is 0.625. The van der Waals surface area contributed by atoms with Gasteiger partial charge in [0, 0.05) is 24.3 Å². The monoisotopic (exact) mass is 282 g/mol.